The number of carbonyl (C=O) groups excluding carboxylic acids is 1. The first-order valence-electron chi connectivity index (χ1n) is 7.09. The van der Waals surface area contributed by atoms with Gasteiger partial charge in [-0.15, -0.1) is 0 Å². The standard InChI is InChI=1S/C9H14O.C7H14/c1-7-4-8(10)6-9(2,3)5-7;1-7-5-3-2-4-6-7/h4H,5-6H2,1-3H3;7H,2-6H2,1H3. The molecule has 17 heavy (non-hydrogen) atoms. The van der Waals surface area contributed by atoms with Crippen LogP contribution in [0.2, 0.25) is 0 Å². The van der Waals surface area contributed by atoms with Crippen molar-refractivity contribution < 1.29 is 4.79 Å². The summed E-state index contributed by atoms with van der Waals surface area (Å²) in [7, 11) is 0. The second-order valence-electron chi connectivity index (χ2n) is 6.72. The molecule has 0 heterocycles. The first kappa shape index (κ1) is 14.5. The van der Waals surface area contributed by atoms with Gasteiger partial charge in [0.25, 0.3) is 0 Å². The SMILES string of the molecule is CC1=CC(=O)CC(C)(C)C1.CC1CCCCC1. The van der Waals surface area contributed by atoms with Gasteiger partial charge in [0.15, 0.2) is 5.78 Å². The van der Waals surface area contributed by atoms with Gasteiger partial charge in [0, 0.05) is 6.42 Å². The molecule has 1 heteroatoms. The Labute approximate surface area is 107 Å². The molecule has 0 N–H and O–H groups in total. The average Bonchev–Trinajstić information content (AvgIpc) is 2.15. The lowest BCUT2D eigenvalue weighted by atomic mass is 9.77. The number of rotatable bonds is 0. The molecule has 0 aromatic carbocycles. The topological polar surface area (TPSA) is 17.1 Å². The maximum Gasteiger partial charge on any atom is 0.156 e. The number of carbonyl (C=O) groups is 1. The predicted octanol–water partition coefficient (Wildman–Crippen LogP) is 4.91. The lowest BCUT2D eigenvalue weighted by molar-refractivity contribution is -0.117. The molecule has 0 spiro atoms. The Hall–Kier alpha value is -0.590. The Kier molecular flexibility index (Phi) is 5.42. The summed E-state index contributed by atoms with van der Waals surface area (Å²) in [6.45, 7) is 8.67. The van der Waals surface area contributed by atoms with Crippen LogP contribution in [0.25, 0.3) is 0 Å². The summed E-state index contributed by atoms with van der Waals surface area (Å²) in [4.78, 5) is 11.0. The number of allylic oxidation sites excluding steroid dienone is 2. The molecule has 2 aliphatic carbocycles. The second kappa shape index (κ2) is 6.37. The predicted molar refractivity (Wildman–Crippen MR) is 74.0 cm³/mol. The highest BCUT2D eigenvalue weighted by atomic mass is 16.1. The smallest absolute Gasteiger partial charge is 0.156 e. The first-order valence-corrected chi connectivity index (χ1v) is 7.09. The summed E-state index contributed by atoms with van der Waals surface area (Å²) >= 11 is 0. The summed E-state index contributed by atoms with van der Waals surface area (Å²) in [6, 6.07) is 0. The lowest BCUT2D eigenvalue weighted by Gasteiger charge is -2.27. The van der Waals surface area contributed by atoms with Crippen LogP contribution in [-0.4, -0.2) is 5.78 Å². The van der Waals surface area contributed by atoms with Crippen LogP contribution in [0.5, 0.6) is 0 Å². The molecule has 0 radical (unpaired) electrons. The van der Waals surface area contributed by atoms with Crippen LogP contribution in [0, 0.1) is 11.3 Å². The summed E-state index contributed by atoms with van der Waals surface area (Å²) in [5, 5.41) is 0. The van der Waals surface area contributed by atoms with Crippen molar-refractivity contribution in [2.45, 2.75) is 72.6 Å². The van der Waals surface area contributed by atoms with Gasteiger partial charge in [-0.2, -0.15) is 0 Å². The minimum Gasteiger partial charge on any atom is -0.295 e. The molecule has 1 nitrogen and oxygen atoms in total. The molecule has 98 valence electrons. The van der Waals surface area contributed by atoms with Crippen LogP contribution in [-0.2, 0) is 4.79 Å². The van der Waals surface area contributed by atoms with Crippen molar-refractivity contribution in [2.24, 2.45) is 11.3 Å². The number of ketones is 1. The Bertz CT molecular complexity index is 280. The van der Waals surface area contributed by atoms with Gasteiger partial charge in [0.1, 0.15) is 0 Å². The fourth-order valence-electron chi connectivity index (χ4n) is 2.97. The van der Waals surface area contributed by atoms with Crippen LogP contribution in [0.3, 0.4) is 0 Å². The van der Waals surface area contributed by atoms with E-state index in [-0.39, 0.29) is 11.2 Å². The first-order chi connectivity index (χ1) is 7.89. The maximum absolute atomic E-state index is 11.0. The minimum atomic E-state index is 0.204. The lowest BCUT2D eigenvalue weighted by Crippen LogP contribution is -2.20. The van der Waals surface area contributed by atoms with Crippen molar-refractivity contribution in [3.8, 4) is 0 Å². The Morgan fingerprint density at radius 3 is 2.06 bits per heavy atom. The van der Waals surface area contributed by atoms with E-state index in [1.165, 1.54) is 37.7 Å². The molecule has 2 aliphatic rings. The number of hydrogen-bond acceptors (Lipinski definition) is 1. The van der Waals surface area contributed by atoms with E-state index in [9.17, 15) is 4.79 Å². The van der Waals surface area contributed by atoms with Gasteiger partial charge in [0.2, 0.25) is 0 Å². The quantitative estimate of drug-likeness (QED) is 0.584. The van der Waals surface area contributed by atoms with E-state index in [0.29, 0.717) is 6.42 Å². The monoisotopic (exact) mass is 236 g/mol. The van der Waals surface area contributed by atoms with Gasteiger partial charge in [-0.1, -0.05) is 58.4 Å². The second-order valence-corrected chi connectivity index (χ2v) is 6.72. The van der Waals surface area contributed by atoms with Crippen LogP contribution >= 0.6 is 0 Å². The van der Waals surface area contributed by atoms with E-state index < -0.39 is 0 Å². The minimum absolute atomic E-state index is 0.204. The molecule has 0 saturated heterocycles. The van der Waals surface area contributed by atoms with Crippen molar-refractivity contribution in [1.29, 1.82) is 0 Å². The van der Waals surface area contributed by atoms with Gasteiger partial charge in [-0.3, -0.25) is 4.79 Å². The molecule has 0 bridgehead atoms. The summed E-state index contributed by atoms with van der Waals surface area (Å²) in [5.74, 6) is 1.32. The zero-order chi connectivity index (χ0) is 12.9. The molecule has 1 fully saturated rings. The molecular formula is C16H28O. The molecule has 0 unspecified atom stereocenters. The Morgan fingerprint density at radius 1 is 1.12 bits per heavy atom. The Morgan fingerprint density at radius 2 is 1.71 bits per heavy atom. The highest BCUT2D eigenvalue weighted by Gasteiger charge is 2.25. The van der Waals surface area contributed by atoms with Crippen LogP contribution in [0.15, 0.2) is 11.6 Å². The average molecular weight is 236 g/mol. The van der Waals surface area contributed by atoms with Crippen molar-refractivity contribution >= 4 is 5.78 Å². The molecule has 0 aromatic rings. The fraction of sp³-hybridized carbons (Fsp3) is 0.812. The largest absolute Gasteiger partial charge is 0.295 e. The van der Waals surface area contributed by atoms with Crippen LogP contribution in [0.1, 0.15) is 72.6 Å². The molecule has 2 rings (SSSR count). The zero-order valence-electron chi connectivity index (χ0n) is 12.0. The molecule has 0 amide bonds. The third-order valence-electron chi connectivity index (χ3n) is 3.71. The van der Waals surface area contributed by atoms with Crippen molar-refractivity contribution in [3.63, 3.8) is 0 Å². The van der Waals surface area contributed by atoms with Gasteiger partial charge < -0.3 is 0 Å². The number of hydrogen-bond donors (Lipinski definition) is 0. The third kappa shape index (κ3) is 6.05. The van der Waals surface area contributed by atoms with Gasteiger partial charge >= 0.3 is 0 Å². The van der Waals surface area contributed by atoms with E-state index in [2.05, 4.69) is 20.8 Å². The third-order valence-corrected chi connectivity index (χ3v) is 3.71. The highest BCUT2D eigenvalue weighted by molar-refractivity contribution is 5.91. The fourth-order valence-corrected chi connectivity index (χ4v) is 2.97. The molecular weight excluding hydrogens is 208 g/mol. The highest BCUT2D eigenvalue weighted by Crippen LogP contribution is 2.32. The molecule has 0 atom stereocenters. The van der Waals surface area contributed by atoms with E-state index in [0.717, 1.165) is 12.3 Å². The summed E-state index contributed by atoms with van der Waals surface area (Å²) in [6.07, 6.45) is 11.0. The van der Waals surface area contributed by atoms with E-state index in [1.807, 2.05) is 6.92 Å². The van der Waals surface area contributed by atoms with Gasteiger partial charge in [0.05, 0.1) is 0 Å². The Balaban J connectivity index is 0.000000181. The van der Waals surface area contributed by atoms with Gasteiger partial charge in [-0.05, 0) is 30.8 Å². The van der Waals surface area contributed by atoms with E-state index in [1.54, 1.807) is 6.08 Å². The maximum atomic E-state index is 11.0. The van der Waals surface area contributed by atoms with E-state index >= 15 is 0 Å². The van der Waals surface area contributed by atoms with Crippen LogP contribution in [0.4, 0.5) is 0 Å². The molecule has 0 aliphatic heterocycles. The summed E-state index contributed by atoms with van der Waals surface area (Å²) < 4.78 is 0. The molecule has 0 aromatic heterocycles. The van der Waals surface area contributed by atoms with Crippen molar-refractivity contribution in [2.75, 3.05) is 0 Å². The van der Waals surface area contributed by atoms with Gasteiger partial charge in [-0.25, -0.2) is 0 Å². The normalized spacial score (nSPS) is 24.7. The van der Waals surface area contributed by atoms with Crippen molar-refractivity contribution in [3.05, 3.63) is 11.6 Å². The van der Waals surface area contributed by atoms with E-state index in [4.69, 9.17) is 0 Å². The molecule has 1 saturated carbocycles. The van der Waals surface area contributed by atoms with Crippen molar-refractivity contribution in [1.82, 2.24) is 0 Å². The van der Waals surface area contributed by atoms with Crippen LogP contribution < -0.4 is 0 Å². The zero-order valence-corrected chi connectivity index (χ0v) is 12.0. The summed E-state index contributed by atoms with van der Waals surface area (Å²) in [5.41, 5.74) is 1.43.